The molecule has 0 aliphatic carbocycles. The molecule has 5 nitrogen and oxygen atoms in total. The highest BCUT2D eigenvalue weighted by atomic mass is 32.2. The molecule has 0 fully saturated rings. The summed E-state index contributed by atoms with van der Waals surface area (Å²) in [6, 6.07) is 11.4. The number of rotatable bonds is 4. The molecule has 0 saturated heterocycles. The fourth-order valence-corrected chi connectivity index (χ4v) is 4.65. The zero-order valence-corrected chi connectivity index (χ0v) is 20.1. The first-order chi connectivity index (χ1) is 14.4. The van der Waals surface area contributed by atoms with Gasteiger partial charge >= 0.3 is 0 Å². The molecule has 0 aliphatic heterocycles. The van der Waals surface area contributed by atoms with E-state index in [0.29, 0.717) is 11.0 Å². The molecular weight excluding hydrogens is 429 g/mol. The van der Waals surface area contributed by atoms with Crippen molar-refractivity contribution >= 4 is 40.7 Å². The van der Waals surface area contributed by atoms with Crippen LogP contribution in [0.5, 0.6) is 0 Å². The maximum absolute atomic E-state index is 13.5. The van der Waals surface area contributed by atoms with Gasteiger partial charge in [-0.1, -0.05) is 43.8 Å². The van der Waals surface area contributed by atoms with Gasteiger partial charge in [0.25, 0.3) is 0 Å². The third kappa shape index (κ3) is 4.89. The number of allylic oxidation sites excluding steroid dienone is 1. The van der Waals surface area contributed by atoms with Crippen LogP contribution in [-0.4, -0.2) is 30.7 Å². The molecule has 0 spiro atoms. The van der Waals surface area contributed by atoms with Crippen molar-refractivity contribution in [2.24, 2.45) is 0 Å². The van der Waals surface area contributed by atoms with Crippen molar-refractivity contribution in [1.82, 2.24) is 8.96 Å². The minimum absolute atomic E-state index is 0.0771. The van der Waals surface area contributed by atoms with Gasteiger partial charge in [0.15, 0.2) is 0 Å². The molecule has 0 radical (unpaired) electrons. The topological polar surface area (TPSA) is 78.0 Å². The van der Waals surface area contributed by atoms with E-state index in [1.54, 1.807) is 44.2 Å². The van der Waals surface area contributed by atoms with Crippen molar-refractivity contribution < 1.29 is 12.8 Å². The summed E-state index contributed by atoms with van der Waals surface area (Å²) in [6.45, 7) is 9.64. The molecule has 0 atom stereocenters. The second-order valence-electron chi connectivity index (χ2n) is 8.62. The number of imidazole rings is 1. The Bertz CT molecular complexity index is 1320. The summed E-state index contributed by atoms with van der Waals surface area (Å²) < 4.78 is 40.3. The van der Waals surface area contributed by atoms with Gasteiger partial charge in [0.2, 0.25) is 16.0 Å². The largest absolute Gasteiger partial charge is 0.368 e. The predicted octanol–water partition coefficient (Wildman–Crippen LogP) is 4.66. The molecule has 31 heavy (non-hydrogen) atoms. The number of aromatic nitrogens is 2. The maximum Gasteiger partial charge on any atom is 0.244 e. The van der Waals surface area contributed by atoms with E-state index in [1.165, 1.54) is 12.1 Å². The van der Waals surface area contributed by atoms with Gasteiger partial charge in [-0.25, -0.2) is 21.8 Å². The minimum atomic E-state index is -3.70. The van der Waals surface area contributed by atoms with Gasteiger partial charge in [0, 0.05) is 0 Å². The van der Waals surface area contributed by atoms with Crippen LogP contribution >= 0.6 is 0 Å². The lowest BCUT2D eigenvalue weighted by Crippen LogP contribution is -2.23. The van der Waals surface area contributed by atoms with Gasteiger partial charge in [-0.2, -0.15) is 0 Å². The van der Waals surface area contributed by atoms with Crippen LogP contribution in [0.15, 0.2) is 48.5 Å². The van der Waals surface area contributed by atoms with Gasteiger partial charge in [0.05, 0.1) is 16.3 Å². The van der Waals surface area contributed by atoms with Gasteiger partial charge in [-0.3, -0.25) is 0 Å². The summed E-state index contributed by atoms with van der Waals surface area (Å²) >= 11 is 0. The van der Waals surface area contributed by atoms with E-state index in [-0.39, 0.29) is 11.8 Å². The Kier molecular flexibility index (Phi) is 6.12. The van der Waals surface area contributed by atoms with Crippen molar-refractivity contribution in [2.75, 3.05) is 5.73 Å². The zero-order chi connectivity index (χ0) is 23.0. The molecule has 2 aromatic carbocycles. The highest BCUT2D eigenvalue weighted by Crippen LogP contribution is 2.29. The van der Waals surface area contributed by atoms with Gasteiger partial charge < -0.3 is 5.73 Å². The van der Waals surface area contributed by atoms with Crippen molar-refractivity contribution in [3.05, 3.63) is 65.5 Å². The number of nitrogens with two attached hydrogens (primary N) is 1. The Balaban J connectivity index is 2.26. The number of nitrogens with zero attached hydrogens (tertiary/aromatic N) is 2. The Hall–Kier alpha value is -2.89. The summed E-state index contributed by atoms with van der Waals surface area (Å²) in [5.41, 5.74) is 12.4. The molecule has 0 aliphatic rings. The molecule has 1 heterocycles. The number of hydrogen-bond donors (Lipinski definition) is 1. The van der Waals surface area contributed by atoms with Crippen molar-refractivity contribution in [1.29, 1.82) is 0 Å². The number of anilines is 1. The van der Waals surface area contributed by atoms with Crippen LogP contribution in [0, 0.1) is 17.3 Å². The lowest BCUT2D eigenvalue weighted by Gasteiger charge is -2.12. The lowest BCUT2D eigenvalue weighted by atomic mass is 9.97. The third-order valence-electron chi connectivity index (χ3n) is 4.62. The normalized spacial score (nSPS) is 12.8. The van der Waals surface area contributed by atoms with Crippen molar-refractivity contribution in [2.45, 2.75) is 38.7 Å². The third-order valence-corrected chi connectivity index (χ3v) is 7.60. The number of benzene rings is 2. The molecule has 8 heteroatoms. The highest BCUT2D eigenvalue weighted by molar-refractivity contribution is 7.90. The molecule has 3 rings (SSSR count). The van der Waals surface area contributed by atoms with E-state index < -0.39 is 23.3 Å². The first-order valence-corrected chi connectivity index (χ1v) is 14.9. The van der Waals surface area contributed by atoms with Crippen LogP contribution < -0.4 is 5.73 Å². The molecule has 1 aromatic heterocycles. The number of halogens is 1. The molecule has 0 bridgehead atoms. The van der Waals surface area contributed by atoms with Crippen LogP contribution in [0.4, 0.5) is 10.3 Å². The first kappa shape index (κ1) is 22.8. The Morgan fingerprint density at radius 2 is 1.74 bits per heavy atom. The van der Waals surface area contributed by atoms with Gasteiger partial charge in [-0.15, -0.1) is 5.54 Å². The van der Waals surface area contributed by atoms with Crippen LogP contribution in [0.25, 0.3) is 16.6 Å². The minimum Gasteiger partial charge on any atom is -0.368 e. The van der Waals surface area contributed by atoms with Crippen LogP contribution in [0.2, 0.25) is 19.6 Å². The second kappa shape index (κ2) is 8.33. The number of fused-ring (bicyclic) bond motifs is 1. The highest BCUT2D eigenvalue weighted by Gasteiger charge is 2.24. The van der Waals surface area contributed by atoms with Gasteiger partial charge in [0.1, 0.15) is 13.9 Å². The second-order valence-corrected chi connectivity index (χ2v) is 15.7. The van der Waals surface area contributed by atoms with E-state index in [2.05, 4.69) is 36.1 Å². The molecule has 2 N–H and O–H groups in total. The standard InChI is InChI=1S/C23H26FN3O2SSi/c1-16(2)30(28,29)27-22-15-18(10-13-21(22)26-23(27)25)20(7-6-14-31(3,4)5)17-8-11-19(24)12-9-17/h7-13,15-16H,1-5H3,(H2,25,26)/b20-7-. The van der Waals surface area contributed by atoms with Crippen LogP contribution in [0.1, 0.15) is 25.0 Å². The number of nitrogen functional groups attached to an aromatic ring is 1. The number of hydrogen-bond acceptors (Lipinski definition) is 4. The Morgan fingerprint density at radius 1 is 1.13 bits per heavy atom. The van der Waals surface area contributed by atoms with E-state index in [0.717, 1.165) is 20.7 Å². The summed E-state index contributed by atoms with van der Waals surface area (Å²) in [4.78, 5) is 4.21. The average molecular weight is 456 g/mol. The summed E-state index contributed by atoms with van der Waals surface area (Å²) in [5.74, 6) is 2.73. The molecule has 0 amide bonds. The lowest BCUT2D eigenvalue weighted by molar-refractivity contribution is 0.580. The van der Waals surface area contributed by atoms with E-state index >= 15 is 0 Å². The van der Waals surface area contributed by atoms with E-state index in [9.17, 15) is 12.8 Å². The predicted molar refractivity (Wildman–Crippen MR) is 128 cm³/mol. The van der Waals surface area contributed by atoms with E-state index in [1.807, 2.05) is 6.07 Å². The van der Waals surface area contributed by atoms with Crippen molar-refractivity contribution in [3.63, 3.8) is 0 Å². The maximum atomic E-state index is 13.5. The van der Waals surface area contributed by atoms with Crippen molar-refractivity contribution in [3.8, 4) is 11.5 Å². The fourth-order valence-electron chi connectivity index (χ4n) is 3.01. The zero-order valence-electron chi connectivity index (χ0n) is 18.3. The van der Waals surface area contributed by atoms with Crippen LogP contribution in [0.3, 0.4) is 0 Å². The quantitative estimate of drug-likeness (QED) is 0.459. The summed E-state index contributed by atoms with van der Waals surface area (Å²) in [6.07, 6.45) is 1.80. The molecular formula is C23H26FN3O2SSi. The summed E-state index contributed by atoms with van der Waals surface area (Å²) in [5, 5.41) is -0.662. The molecule has 162 valence electrons. The summed E-state index contributed by atoms with van der Waals surface area (Å²) in [7, 11) is -5.30. The molecule has 0 unspecified atom stereocenters. The monoisotopic (exact) mass is 455 g/mol. The first-order valence-electron chi connectivity index (χ1n) is 9.92. The van der Waals surface area contributed by atoms with E-state index in [4.69, 9.17) is 5.73 Å². The van der Waals surface area contributed by atoms with Gasteiger partial charge in [-0.05, 0) is 60.9 Å². The van der Waals surface area contributed by atoms with Crippen LogP contribution in [-0.2, 0) is 10.0 Å². The Morgan fingerprint density at radius 3 is 2.32 bits per heavy atom. The fraction of sp³-hybridized carbons (Fsp3) is 0.261. The average Bonchev–Trinajstić information content (AvgIpc) is 3.00. The smallest absolute Gasteiger partial charge is 0.244 e. The molecule has 3 aromatic rings. The molecule has 0 saturated carbocycles. The Labute approximate surface area is 183 Å². The SMILES string of the molecule is CC(C)S(=O)(=O)n1c(N)nc2ccc(/C(=C\C#C[Si](C)(C)C)c3ccc(F)cc3)cc21.